The average Bonchev–Trinajstić information content (AvgIpc) is 2.76. The van der Waals surface area contributed by atoms with Gasteiger partial charge in [-0.1, -0.05) is 44.2 Å². The van der Waals surface area contributed by atoms with Crippen LogP contribution in [-0.2, 0) is 18.9 Å². The van der Waals surface area contributed by atoms with Crippen LogP contribution >= 0.6 is 0 Å². The van der Waals surface area contributed by atoms with Crippen LogP contribution in [0.25, 0.3) is 0 Å². The van der Waals surface area contributed by atoms with Gasteiger partial charge in [-0.15, -0.1) is 0 Å². The van der Waals surface area contributed by atoms with Gasteiger partial charge >= 0.3 is 0 Å². The highest BCUT2D eigenvalue weighted by Crippen LogP contribution is 2.27. The van der Waals surface area contributed by atoms with Gasteiger partial charge in [0.05, 0.1) is 0 Å². The molecule has 0 radical (unpaired) electrons. The minimum Gasteiger partial charge on any atom is -0.338 e. The van der Waals surface area contributed by atoms with Gasteiger partial charge in [0.25, 0.3) is 0 Å². The lowest BCUT2D eigenvalue weighted by Crippen LogP contribution is -2.43. The smallest absolute Gasteiger partial charge is 0.109 e. The third kappa shape index (κ3) is 2.46. The monoisotopic (exact) mass is 243 g/mol. The molecule has 1 aromatic heterocycles. The first-order valence-corrected chi connectivity index (χ1v) is 6.29. The molecule has 3 heteroatoms. The van der Waals surface area contributed by atoms with E-state index in [-0.39, 0.29) is 11.5 Å². The summed E-state index contributed by atoms with van der Waals surface area (Å²) in [5.41, 5.74) is 7.60. The molecule has 0 aliphatic heterocycles. The summed E-state index contributed by atoms with van der Waals surface area (Å²) in [6.45, 7) is 4.38. The van der Waals surface area contributed by atoms with Crippen LogP contribution in [-0.4, -0.2) is 15.6 Å². The van der Waals surface area contributed by atoms with Crippen LogP contribution < -0.4 is 5.73 Å². The Labute approximate surface area is 109 Å². The van der Waals surface area contributed by atoms with E-state index in [1.807, 2.05) is 30.1 Å². The first kappa shape index (κ1) is 12.8. The van der Waals surface area contributed by atoms with Crippen molar-refractivity contribution in [1.29, 1.82) is 0 Å². The molecule has 0 spiro atoms. The number of rotatable bonds is 4. The molecule has 3 nitrogen and oxygen atoms in total. The molecule has 18 heavy (non-hydrogen) atoms. The van der Waals surface area contributed by atoms with Crippen molar-refractivity contribution in [2.45, 2.75) is 31.7 Å². The van der Waals surface area contributed by atoms with Crippen LogP contribution in [0.5, 0.6) is 0 Å². The van der Waals surface area contributed by atoms with Gasteiger partial charge in [-0.05, 0) is 5.56 Å². The van der Waals surface area contributed by atoms with Gasteiger partial charge in [0.2, 0.25) is 0 Å². The Morgan fingerprint density at radius 1 is 1.28 bits per heavy atom. The summed E-state index contributed by atoms with van der Waals surface area (Å²) in [5.74, 6) is 1.03. The molecule has 1 atom stereocenters. The summed E-state index contributed by atoms with van der Waals surface area (Å²) in [5, 5.41) is 0. The van der Waals surface area contributed by atoms with E-state index in [4.69, 9.17) is 5.73 Å². The first-order chi connectivity index (χ1) is 8.51. The minimum atomic E-state index is -0.0623. The number of benzene rings is 1. The van der Waals surface area contributed by atoms with E-state index in [0.29, 0.717) is 0 Å². The summed E-state index contributed by atoms with van der Waals surface area (Å²) in [4.78, 5) is 4.35. The number of hydrogen-bond acceptors (Lipinski definition) is 2. The quantitative estimate of drug-likeness (QED) is 0.895. The summed E-state index contributed by atoms with van der Waals surface area (Å²) in [6, 6.07) is 10.5. The van der Waals surface area contributed by atoms with Crippen molar-refractivity contribution in [2.75, 3.05) is 0 Å². The molecule has 2 aromatic rings. The highest BCUT2D eigenvalue weighted by molar-refractivity contribution is 5.26. The summed E-state index contributed by atoms with van der Waals surface area (Å²) in [6.07, 6.45) is 4.56. The maximum Gasteiger partial charge on any atom is 0.109 e. The molecular formula is C15H21N3. The number of imidazole rings is 1. The molecule has 0 saturated carbocycles. The first-order valence-electron chi connectivity index (χ1n) is 6.29. The van der Waals surface area contributed by atoms with Gasteiger partial charge in [-0.3, -0.25) is 0 Å². The van der Waals surface area contributed by atoms with Crippen LogP contribution in [0.1, 0.15) is 25.2 Å². The molecule has 96 valence electrons. The van der Waals surface area contributed by atoms with Crippen molar-refractivity contribution in [3.8, 4) is 0 Å². The normalized spacial score (nSPS) is 13.6. The van der Waals surface area contributed by atoms with Gasteiger partial charge in [0.15, 0.2) is 0 Å². The molecule has 0 saturated heterocycles. The molecule has 1 unspecified atom stereocenters. The number of nitrogens with zero attached hydrogens (tertiary/aromatic N) is 2. The zero-order chi connectivity index (χ0) is 13.2. The lowest BCUT2D eigenvalue weighted by molar-refractivity contribution is 0.398. The Morgan fingerprint density at radius 3 is 2.50 bits per heavy atom. The van der Waals surface area contributed by atoms with Gasteiger partial charge < -0.3 is 10.3 Å². The fourth-order valence-electron chi connectivity index (χ4n) is 2.13. The molecule has 0 fully saturated rings. The highest BCUT2D eigenvalue weighted by Gasteiger charge is 2.29. The van der Waals surface area contributed by atoms with E-state index in [2.05, 4.69) is 43.1 Å². The second-order valence-corrected chi connectivity index (χ2v) is 5.35. The second kappa shape index (κ2) is 4.94. The summed E-state index contributed by atoms with van der Waals surface area (Å²) >= 11 is 0. The predicted molar refractivity (Wildman–Crippen MR) is 74.4 cm³/mol. The number of aryl methyl sites for hydroxylation is 1. The molecule has 0 amide bonds. The molecule has 0 bridgehead atoms. The van der Waals surface area contributed by atoms with Crippen molar-refractivity contribution >= 4 is 0 Å². The molecule has 1 heterocycles. The van der Waals surface area contributed by atoms with Crippen molar-refractivity contribution < 1.29 is 0 Å². The Morgan fingerprint density at radius 2 is 1.94 bits per heavy atom. The lowest BCUT2D eigenvalue weighted by Gasteiger charge is -2.32. The van der Waals surface area contributed by atoms with Gasteiger partial charge in [-0.25, -0.2) is 4.98 Å². The number of hydrogen-bond donors (Lipinski definition) is 1. The SMILES string of the molecule is Cn1ccnc1CC(N)C(C)(C)c1ccccc1. The Hall–Kier alpha value is -1.61. The average molecular weight is 243 g/mol. The third-order valence-corrected chi connectivity index (χ3v) is 3.77. The fraction of sp³-hybridized carbons (Fsp3) is 0.400. The highest BCUT2D eigenvalue weighted by atomic mass is 15.0. The van der Waals surface area contributed by atoms with Crippen molar-refractivity contribution in [1.82, 2.24) is 9.55 Å². The van der Waals surface area contributed by atoms with Crippen molar-refractivity contribution in [3.63, 3.8) is 0 Å². The molecule has 1 aromatic carbocycles. The van der Waals surface area contributed by atoms with Crippen LogP contribution in [0.3, 0.4) is 0 Å². The van der Waals surface area contributed by atoms with Gasteiger partial charge in [0.1, 0.15) is 5.82 Å². The van der Waals surface area contributed by atoms with E-state index in [0.717, 1.165) is 12.2 Å². The summed E-state index contributed by atoms with van der Waals surface area (Å²) in [7, 11) is 2.00. The molecule has 0 aliphatic rings. The van der Waals surface area contributed by atoms with Crippen LogP contribution in [0.2, 0.25) is 0 Å². The topological polar surface area (TPSA) is 43.8 Å². The Bertz CT molecular complexity index is 499. The Kier molecular flexibility index (Phi) is 3.53. The maximum atomic E-state index is 6.39. The van der Waals surface area contributed by atoms with Gasteiger partial charge in [0, 0.05) is 37.3 Å². The zero-order valence-corrected chi connectivity index (χ0v) is 11.3. The van der Waals surface area contributed by atoms with E-state index in [1.54, 1.807) is 0 Å². The Balaban J connectivity index is 2.18. The van der Waals surface area contributed by atoms with E-state index in [9.17, 15) is 0 Å². The van der Waals surface area contributed by atoms with Crippen LogP contribution in [0, 0.1) is 0 Å². The largest absolute Gasteiger partial charge is 0.338 e. The van der Waals surface area contributed by atoms with E-state index < -0.39 is 0 Å². The number of aromatic nitrogens is 2. The predicted octanol–water partition coefficient (Wildman–Crippen LogP) is 2.27. The summed E-state index contributed by atoms with van der Waals surface area (Å²) < 4.78 is 2.03. The zero-order valence-electron chi connectivity index (χ0n) is 11.3. The van der Waals surface area contributed by atoms with Crippen LogP contribution in [0.4, 0.5) is 0 Å². The lowest BCUT2D eigenvalue weighted by atomic mass is 9.77. The van der Waals surface area contributed by atoms with E-state index in [1.165, 1.54) is 5.56 Å². The maximum absolute atomic E-state index is 6.39. The van der Waals surface area contributed by atoms with Crippen molar-refractivity contribution in [2.24, 2.45) is 12.8 Å². The molecule has 2 rings (SSSR count). The molecule has 2 N–H and O–H groups in total. The molecule has 0 aliphatic carbocycles. The van der Waals surface area contributed by atoms with Crippen molar-refractivity contribution in [3.05, 3.63) is 54.1 Å². The minimum absolute atomic E-state index is 0.0426. The fourth-order valence-corrected chi connectivity index (χ4v) is 2.13. The van der Waals surface area contributed by atoms with Crippen LogP contribution in [0.15, 0.2) is 42.7 Å². The number of nitrogens with two attached hydrogens (primary N) is 1. The van der Waals surface area contributed by atoms with Gasteiger partial charge in [-0.2, -0.15) is 0 Å². The molecular weight excluding hydrogens is 222 g/mol. The standard InChI is InChI=1S/C15H21N3/c1-15(2,12-7-5-4-6-8-12)13(16)11-14-17-9-10-18(14)3/h4-10,13H,11,16H2,1-3H3. The van der Waals surface area contributed by atoms with E-state index >= 15 is 0 Å². The third-order valence-electron chi connectivity index (χ3n) is 3.77. The second-order valence-electron chi connectivity index (χ2n) is 5.35.